The first kappa shape index (κ1) is 21.9. The first-order chi connectivity index (χ1) is 13.5. The number of aliphatic hydroxyl groups excluding tert-OH is 2. The van der Waals surface area contributed by atoms with Gasteiger partial charge in [0.2, 0.25) is 0 Å². The Morgan fingerprint density at radius 2 is 2.00 bits per heavy atom. The van der Waals surface area contributed by atoms with Crippen LogP contribution in [0.5, 0.6) is 0 Å². The summed E-state index contributed by atoms with van der Waals surface area (Å²) in [6, 6.07) is 9.48. The summed E-state index contributed by atoms with van der Waals surface area (Å²) in [6.07, 6.45) is -1.05. The molecule has 1 aromatic carbocycles. The maximum Gasteiger partial charge on any atom is 0.262 e. The molecule has 1 heterocycles. The van der Waals surface area contributed by atoms with E-state index < -0.39 is 18.6 Å². The Morgan fingerprint density at radius 1 is 1.32 bits per heavy atom. The zero-order chi connectivity index (χ0) is 20.4. The summed E-state index contributed by atoms with van der Waals surface area (Å²) in [4.78, 5) is 14.5. The molecule has 0 aromatic heterocycles. The molecule has 8 nitrogen and oxygen atoms in total. The minimum absolute atomic E-state index is 0.0156. The summed E-state index contributed by atoms with van der Waals surface area (Å²) < 4.78 is 5.34. The van der Waals surface area contributed by atoms with Crippen molar-refractivity contribution in [2.75, 3.05) is 57.9 Å². The van der Waals surface area contributed by atoms with Crippen LogP contribution in [0.1, 0.15) is 12.5 Å². The molecule has 1 saturated heterocycles. The second-order valence-corrected chi connectivity index (χ2v) is 6.62. The Hall–Kier alpha value is -2.44. The van der Waals surface area contributed by atoms with Crippen LogP contribution in [0.25, 0.3) is 5.57 Å². The van der Waals surface area contributed by atoms with E-state index in [0.29, 0.717) is 5.57 Å². The predicted octanol–water partition coefficient (Wildman–Crippen LogP) is 0.197. The van der Waals surface area contributed by atoms with Crippen molar-refractivity contribution < 1.29 is 19.7 Å². The van der Waals surface area contributed by atoms with Crippen molar-refractivity contribution >= 4 is 17.2 Å². The molecule has 0 aliphatic carbocycles. The molecule has 28 heavy (non-hydrogen) atoms. The van der Waals surface area contributed by atoms with Crippen LogP contribution in [0.3, 0.4) is 0 Å². The molecule has 2 rings (SSSR count). The zero-order valence-corrected chi connectivity index (χ0v) is 16.1. The number of aliphatic hydroxyl groups is 2. The normalized spacial score (nSPS) is 16.6. The van der Waals surface area contributed by atoms with Gasteiger partial charge in [-0.05, 0) is 30.2 Å². The van der Waals surface area contributed by atoms with Crippen molar-refractivity contribution in [1.29, 1.82) is 5.26 Å². The Bertz CT molecular complexity index is 706. The van der Waals surface area contributed by atoms with Crippen LogP contribution >= 0.6 is 0 Å². The number of amides is 1. The number of morpholine rings is 1. The van der Waals surface area contributed by atoms with Crippen molar-refractivity contribution in [2.24, 2.45) is 0 Å². The van der Waals surface area contributed by atoms with E-state index in [-0.39, 0.29) is 12.1 Å². The number of carbonyl (C=O) groups excluding carboxylic acids is 1. The monoisotopic (exact) mass is 388 g/mol. The van der Waals surface area contributed by atoms with E-state index in [4.69, 9.17) is 9.84 Å². The zero-order valence-electron chi connectivity index (χ0n) is 16.1. The fourth-order valence-electron chi connectivity index (χ4n) is 2.83. The molecule has 1 unspecified atom stereocenters. The van der Waals surface area contributed by atoms with Crippen molar-refractivity contribution in [2.45, 2.75) is 13.0 Å². The largest absolute Gasteiger partial charge is 0.394 e. The third kappa shape index (κ3) is 6.62. The lowest BCUT2D eigenvalue weighted by Gasteiger charge is -2.26. The number of carbonyl (C=O) groups is 1. The first-order valence-corrected chi connectivity index (χ1v) is 9.37. The molecule has 1 aliphatic rings. The smallest absolute Gasteiger partial charge is 0.262 e. The summed E-state index contributed by atoms with van der Waals surface area (Å²) in [5.74, 6) is -0.569. The summed E-state index contributed by atoms with van der Waals surface area (Å²) in [6.45, 7) is 6.40. The van der Waals surface area contributed by atoms with Gasteiger partial charge in [-0.2, -0.15) is 5.26 Å². The van der Waals surface area contributed by atoms with Crippen LogP contribution in [0.4, 0.5) is 5.69 Å². The highest BCUT2D eigenvalue weighted by molar-refractivity contribution is 6.04. The lowest BCUT2D eigenvalue weighted by Crippen LogP contribution is -2.38. The van der Waals surface area contributed by atoms with Crippen molar-refractivity contribution in [1.82, 2.24) is 10.2 Å². The molecule has 0 saturated carbocycles. The van der Waals surface area contributed by atoms with Gasteiger partial charge in [-0.3, -0.25) is 9.69 Å². The number of anilines is 1. The molecular weight excluding hydrogens is 360 g/mol. The Balaban J connectivity index is 1.92. The van der Waals surface area contributed by atoms with E-state index in [9.17, 15) is 15.2 Å². The highest BCUT2D eigenvalue weighted by atomic mass is 16.5. The van der Waals surface area contributed by atoms with Gasteiger partial charge in [-0.15, -0.1) is 0 Å². The third-order valence-electron chi connectivity index (χ3n) is 4.60. The molecule has 1 aliphatic heterocycles. The summed E-state index contributed by atoms with van der Waals surface area (Å²) in [7, 11) is 0. The maximum atomic E-state index is 12.2. The number of benzene rings is 1. The number of hydrogen-bond acceptors (Lipinski definition) is 7. The third-order valence-corrected chi connectivity index (χ3v) is 4.60. The van der Waals surface area contributed by atoms with E-state index in [2.05, 4.69) is 15.5 Å². The number of nitrogens with zero attached hydrogens (tertiary/aromatic N) is 2. The molecule has 4 N–H and O–H groups in total. The summed E-state index contributed by atoms with van der Waals surface area (Å²) in [5.41, 5.74) is 2.28. The van der Waals surface area contributed by atoms with Crippen LogP contribution in [0, 0.1) is 11.3 Å². The van der Waals surface area contributed by atoms with Crippen molar-refractivity contribution in [3.8, 4) is 6.07 Å². The Labute approximate surface area is 165 Å². The lowest BCUT2D eigenvalue weighted by atomic mass is 10.0. The lowest BCUT2D eigenvalue weighted by molar-refractivity contribution is -0.117. The maximum absolute atomic E-state index is 12.2. The molecule has 0 radical (unpaired) electrons. The molecule has 0 spiro atoms. The summed E-state index contributed by atoms with van der Waals surface area (Å²) in [5, 5.41) is 33.3. The second-order valence-electron chi connectivity index (χ2n) is 6.62. The van der Waals surface area contributed by atoms with E-state index in [1.54, 1.807) is 6.92 Å². The van der Waals surface area contributed by atoms with Crippen LogP contribution in [-0.2, 0) is 9.53 Å². The average molecular weight is 388 g/mol. The number of allylic oxidation sites excluding steroid dienone is 1. The molecule has 0 bridgehead atoms. The van der Waals surface area contributed by atoms with Gasteiger partial charge >= 0.3 is 0 Å². The van der Waals surface area contributed by atoms with Crippen LogP contribution in [-0.4, -0.2) is 79.7 Å². The molecule has 8 heteroatoms. The van der Waals surface area contributed by atoms with Gasteiger partial charge in [-0.25, -0.2) is 0 Å². The van der Waals surface area contributed by atoms with E-state index >= 15 is 0 Å². The number of nitrogens with one attached hydrogen (secondary N) is 2. The van der Waals surface area contributed by atoms with Gasteiger partial charge in [0.25, 0.3) is 5.91 Å². The van der Waals surface area contributed by atoms with E-state index in [1.165, 1.54) is 0 Å². The molecule has 152 valence electrons. The molecule has 1 atom stereocenters. The van der Waals surface area contributed by atoms with Gasteiger partial charge in [0.15, 0.2) is 0 Å². The quantitative estimate of drug-likeness (QED) is 0.352. The predicted molar refractivity (Wildman–Crippen MR) is 107 cm³/mol. The number of nitriles is 1. The highest BCUT2D eigenvalue weighted by Gasteiger charge is 2.15. The summed E-state index contributed by atoms with van der Waals surface area (Å²) >= 11 is 0. The molecule has 1 fully saturated rings. The van der Waals surface area contributed by atoms with Crippen molar-refractivity contribution in [3.05, 3.63) is 35.4 Å². The van der Waals surface area contributed by atoms with Gasteiger partial charge in [-0.1, -0.05) is 12.1 Å². The van der Waals surface area contributed by atoms with Crippen molar-refractivity contribution in [3.63, 3.8) is 0 Å². The topological polar surface area (TPSA) is 118 Å². The molecule has 1 amide bonds. The minimum atomic E-state index is -1.05. The van der Waals surface area contributed by atoms with Gasteiger partial charge in [0, 0.05) is 38.4 Å². The number of rotatable bonds is 9. The Morgan fingerprint density at radius 3 is 2.61 bits per heavy atom. The van der Waals surface area contributed by atoms with Gasteiger partial charge in [0.1, 0.15) is 11.6 Å². The molecular formula is C20H28N4O4. The number of hydrogen-bond donors (Lipinski definition) is 4. The van der Waals surface area contributed by atoms with Crippen LogP contribution < -0.4 is 10.6 Å². The van der Waals surface area contributed by atoms with Crippen LogP contribution in [0.15, 0.2) is 29.8 Å². The van der Waals surface area contributed by atoms with Gasteiger partial charge < -0.3 is 25.6 Å². The van der Waals surface area contributed by atoms with Crippen LogP contribution in [0.2, 0.25) is 0 Å². The fraction of sp³-hybridized carbons (Fsp3) is 0.500. The second kappa shape index (κ2) is 11.4. The number of ether oxygens (including phenoxy) is 1. The first-order valence-electron chi connectivity index (χ1n) is 9.37. The highest BCUT2D eigenvalue weighted by Crippen LogP contribution is 2.20. The van der Waals surface area contributed by atoms with Gasteiger partial charge in [0.05, 0.1) is 25.9 Å². The Kier molecular flexibility index (Phi) is 8.91. The minimum Gasteiger partial charge on any atom is -0.394 e. The fourth-order valence-corrected chi connectivity index (χ4v) is 2.83. The average Bonchev–Trinajstić information content (AvgIpc) is 2.73. The molecule has 1 aromatic rings. The van der Waals surface area contributed by atoms with E-state index in [0.717, 1.165) is 50.6 Å². The van der Waals surface area contributed by atoms with E-state index in [1.807, 2.05) is 30.3 Å². The standard InChI is InChI=1S/C20H28N4O4/c1-15(19(12-21)20(27)23-13-18(26)14-25)16-2-4-17(5-3-16)22-6-7-24-8-10-28-11-9-24/h2-5,18,22,25-26H,6-11,13-14H2,1H3,(H,23,27). The SMILES string of the molecule is CC(=C(C#N)C(=O)NCC(O)CO)c1ccc(NCCN2CCOCC2)cc1.